The lowest BCUT2D eigenvalue weighted by Crippen LogP contribution is -2.51. The van der Waals surface area contributed by atoms with E-state index in [9.17, 15) is 0 Å². The minimum Gasteiger partial charge on any atom is -0.353 e. The number of nitrogens with zero attached hydrogens (tertiary/aromatic N) is 3. The second-order valence-corrected chi connectivity index (χ2v) is 7.34. The van der Waals surface area contributed by atoms with Crippen LogP contribution in [0.3, 0.4) is 0 Å². The predicted molar refractivity (Wildman–Crippen MR) is 103 cm³/mol. The summed E-state index contributed by atoms with van der Waals surface area (Å²) in [5, 5.41) is 3.54. The van der Waals surface area contributed by atoms with Gasteiger partial charge < -0.3 is 15.1 Å². The van der Waals surface area contributed by atoms with Gasteiger partial charge in [-0.25, -0.2) is 4.99 Å². The summed E-state index contributed by atoms with van der Waals surface area (Å²) in [5.41, 5.74) is 4.90. The molecule has 1 unspecified atom stereocenters. The summed E-state index contributed by atoms with van der Waals surface area (Å²) in [6.45, 7) is 5.26. The first-order chi connectivity index (χ1) is 12.3. The van der Waals surface area contributed by atoms with Crippen molar-refractivity contribution >= 4 is 22.9 Å². The molecule has 4 heteroatoms. The third kappa shape index (κ3) is 2.61. The van der Waals surface area contributed by atoms with Crippen LogP contribution in [0.4, 0.5) is 17.1 Å². The highest BCUT2D eigenvalue weighted by Gasteiger charge is 2.35. The fourth-order valence-corrected chi connectivity index (χ4v) is 4.03. The molecule has 0 amide bonds. The Morgan fingerprint density at radius 2 is 1.76 bits per heavy atom. The maximum Gasteiger partial charge on any atom is 0.138 e. The normalized spacial score (nSPS) is 22.8. The van der Waals surface area contributed by atoms with Crippen molar-refractivity contribution in [2.24, 2.45) is 4.99 Å². The molecule has 0 bridgehead atoms. The summed E-state index contributed by atoms with van der Waals surface area (Å²) in [5.74, 6) is 1.12. The molecule has 25 heavy (non-hydrogen) atoms. The molecule has 1 aliphatic carbocycles. The zero-order chi connectivity index (χ0) is 16.8. The Morgan fingerprint density at radius 1 is 1.00 bits per heavy atom. The highest BCUT2D eigenvalue weighted by molar-refractivity contribution is 6.08. The van der Waals surface area contributed by atoms with Crippen molar-refractivity contribution in [1.82, 2.24) is 10.2 Å². The van der Waals surface area contributed by atoms with E-state index in [-0.39, 0.29) is 0 Å². The fourth-order valence-electron chi connectivity index (χ4n) is 4.03. The van der Waals surface area contributed by atoms with Crippen LogP contribution < -0.4 is 10.2 Å². The molecule has 0 radical (unpaired) electrons. The van der Waals surface area contributed by atoms with Crippen molar-refractivity contribution in [3.05, 3.63) is 54.1 Å². The van der Waals surface area contributed by atoms with Gasteiger partial charge in [0.05, 0.1) is 17.1 Å². The first kappa shape index (κ1) is 15.0. The molecular weight excluding hydrogens is 308 g/mol. The van der Waals surface area contributed by atoms with E-state index in [0.29, 0.717) is 12.1 Å². The van der Waals surface area contributed by atoms with Crippen LogP contribution >= 0.6 is 0 Å². The molecule has 128 valence electrons. The van der Waals surface area contributed by atoms with Crippen molar-refractivity contribution in [3.63, 3.8) is 0 Å². The molecule has 4 nitrogen and oxygen atoms in total. The van der Waals surface area contributed by atoms with E-state index in [0.717, 1.165) is 31.2 Å². The van der Waals surface area contributed by atoms with E-state index in [1.54, 1.807) is 0 Å². The van der Waals surface area contributed by atoms with Crippen LogP contribution in [0.25, 0.3) is 0 Å². The monoisotopic (exact) mass is 332 g/mol. The SMILES string of the molecule is CC1CN(C2=Nc3ccccc3N(C3CC3)c3ccccc32)CCN1. The number of nitrogens with one attached hydrogen (secondary N) is 1. The van der Waals surface area contributed by atoms with E-state index in [4.69, 9.17) is 4.99 Å². The lowest BCUT2D eigenvalue weighted by atomic mass is 10.1. The van der Waals surface area contributed by atoms with Gasteiger partial charge in [0, 0.05) is 37.3 Å². The van der Waals surface area contributed by atoms with E-state index >= 15 is 0 Å². The van der Waals surface area contributed by atoms with Crippen molar-refractivity contribution < 1.29 is 0 Å². The average molecular weight is 332 g/mol. The van der Waals surface area contributed by atoms with Crippen molar-refractivity contribution in [1.29, 1.82) is 0 Å². The number of amidine groups is 1. The van der Waals surface area contributed by atoms with Gasteiger partial charge in [0.1, 0.15) is 5.84 Å². The van der Waals surface area contributed by atoms with Gasteiger partial charge in [0.15, 0.2) is 0 Å². The highest BCUT2D eigenvalue weighted by atomic mass is 15.3. The summed E-state index contributed by atoms with van der Waals surface area (Å²) in [7, 11) is 0. The quantitative estimate of drug-likeness (QED) is 0.864. The molecule has 5 rings (SSSR count). The first-order valence-electron chi connectivity index (χ1n) is 9.36. The number of anilines is 2. The topological polar surface area (TPSA) is 30.9 Å². The van der Waals surface area contributed by atoms with Gasteiger partial charge in [-0.15, -0.1) is 0 Å². The van der Waals surface area contributed by atoms with Gasteiger partial charge in [0.2, 0.25) is 0 Å². The van der Waals surface area contributed by atoms with Crippen molar-refractivity contribution in [3.8, 4) is 0 Å². The predicted octanol–water partition coefficient (Wildman–Crippen LogP) is 3.67. The molecule has 2 aromatic rings. The van der Waals surface area contributed by atoms with Crippen LogP contribution in [0.15, 0.2) is 53.5 Å². The number of rotatable bonds is 1. The molecule has 0 aromatic heterocycles. The molecule has 0 spiro atoms. The number of benzene rings is 2. The second kappa shape index (κ2) is 5.88. The number of aliphatic imine (C=N–C) groups is 1. The molecule has 2 aliphatic heterocycles. The molecule has 2 fully saturated rings. The standard InChI is InChI=1S/C21H24N4/c1-15-14-24(13-12-22-15)21-17-6-2-4-8-19(17)25(16-10-11-16)20-9-5-3-7-18(20)23-21/h2-9,15-16,22H,10-14H2,1H3. The summed E-state index contributed by atoms with van der Waals surface area (Å²) in [4.78, 5) is 10.1. The molecule has 2 heterocycles. The Balaban J connectivity index is 1.70. The molecule has 1 N–H and O–H groups in total. The van der Waals surface area contributed by atoms with Crippen LogP contribution in [0, 0.1) is 0 Å². The van der Waals surface area contributed by atoms with Crippen LogP contribution in [-0.4, -0.2) is 42.5 Å². The molecule has 1 atom stereocenters. The highest BCUT2D eigenvalue weighted by Crippen LogP contribution is 2.46. The lowest BCUT2D eigenvalue weighted by Gasteiger charge is -2.35. The molecule has 1 saturated heterocycles. The summed E-state index contributed by atoms with van der Waals surface area (Å²) < 4.78 is 0. The lowest BCUT2D eigenvalue weighted by molar-refractivity contribution is 0.304. The summed E-state index contributed by atoms with van der Waals surface area (Å²) >= 11 is 0. The van der Waals surface area contributed by atoms with Gasteiger partial charge in [-0.2, -0.15) is 0 Å². The van der Waals surface area contributed by atoms with Crippen LogP contribution in [0.5, 0.6) is 0 Å². The van der Waals surface area contributed by atoms with Crippen LogP contribution in [0.2, 0.25) is 0 Å². The van der Waals surface area contributed by atoms with Gasteiger partial charge in [-0.05, 0) is 44.0 Å². The van der Waals surface area contributed by atoms with E-state index in [2.05, 4.69) is 70.6 Å². The number of piperazine rings is 1. The van der Waals surface area contributed by atoms with Crippen LogP contribution in [0.1, 0.15) is 25.3 Å². The van der Waals surface area contributed by atoms with Gasteiger partial charge in [-0.3, -0.25) is 0 Å². The van der Waals surface area contributed by atoms with Gasteiger partial charge >= 0.3 is 0 Å². The Morgan fingerprint density at radius 3 is 2.56 bits per heavy atom. The molecule has 3 aliphatic rings. The fraction of sp³-hybridized carbons (Fsp3) is 0.381. The summed E-state index contributed by atoms with van der Waals surface area (Å²) in [6, 6.07) is 18.5. The second-order valence-electron chi connectivity index (χ2n) is 7.34. The first-order valence-corrected chi connectivity index (χ1v) is 9.36. The Hall–Kier alpha value is -2.33. The number of para-hydroxylation sites is 3. The number of fused-ring (bicyclic) bond motifs is 2. The van der Waals surface area contributed by atoms with Gasteiger partial charge in [-0.1, -0.05) is 24.3 Å². The number of hydrogen-bond acceptors (Lipinski definition) is 4. The Bertz CT molecular complexity index is 824. The maximum absolute atomic E-state index is 5.17. The third-order valence-corrected chi connectivity index (χ3v) is 5.35. The average Bonchev–Trinajstić information content (AvgIpc) is 3.47. The minimum atomic E-state index is 0.488. The third-order valence-electron chi connectivity index (χ3n) is 5.35. The smallest absolute Gasteiger partial charge is 0.138 e. The number of hydrogen-bond donors (Lipinski definition) is 1. The van der Waals surface area contributed by atoms with Crippen LogP contribution in [-0.2, 0) is 0 Å². The van der Waals surface area contributed by atoms with Crippen molar-refractivity contribution in [2.75, 3.05) is 24.5 Å². The zero-order valence-corrected chi connectivity index (χ0v) is 14.7. The van der Waals surface area contributed by atoms with Gasteiger partial charge in [0.25, 0.3) is 0 Å². The maximum atomic E-state index is 5.17. The molecular formula is C21H24N4. The van der Waals surface area contributed by atoms with E-state index in [1.165, 1.54) is 29.8 Å². The molecule has 2 aromatic carbocycles. The largest absolute Gasteiger partial charge is 0.353 e. The van der Waals surface area contributed by atoms with E-state index in [1.807, 2.05) is 0 Å². The van der Waals surface area contributed by atoms with E-state index < -0.39 is 0 Å². The minimum absolute atomic E-state index is 0.488. The Kier molecular flexibility index (Phi) is 3.52. The zero-order valence-electron chi connectivity index (χ0n) is 14.7. The summed E-state index contributed by atoms with van der Waals surface area (Å²) in [6.07, 6.45) is 2.53. The Labute approximate surface area is 149 Å². The van der Waals surface area contributed by atoms with Crippen molar-refractivity contribution in [2.45, 2.75) is 31.8 Å². The molecule has 1 saturated carbocycles.